The Balaban J connectivity index is 1.98. The second-order valence-electron chi connectivity index (χ2n) is 2.24. The van der Waals surface area contributed by atoms with Gasteiger partial charge in [-0.3, -0.25) is 0 Å². The minimum atomic E-state index is 0.363. The summed E-state index contributed by atoms with van der Waals surface area (Å²) in [5.41, 5.74) is 0. The van der Waals surface area contributed by atoms with Crippen LogP contribution >= 0.6 is 0 Å². The average Bonchev–Trinajstić information content (AvgIpc) is 2.50. The van der Waals surface area contributed by atoms with Gasteiger partial charge in [-0.25, -0.2) is 0 Å². The Hall–Kier alpha value is -0.0800. The van der Waals surface area contributed by atoms with E-state index in [1.54, 1.807) is 7.11 Å². The topological polar surface area (TPSA) is 21.8 Å². The summed E-state index contributed by atoms with van der Waals surface area (Å²) in [6.07, 6.45) is 1.92. The Bertz CT molecular complexity index is 68.9. The number of methoxy groups -OCH3 is 1. The lowest BCUT2D eigenvalue weighted by atomic mass is 10.2. The molecule has 0 amide bonds. The van der Waals surface area contributed by atoms with E-state index >= 15 is 0 Å². The molecule has 0 radical (unpaired) electrons. The zero-order valence-corrected chi connectivity index (χ0v) is 5.39. The first-order valence-corrected chi connectivity index (χ1v) is 2.97. The van der Waals surface area contributed by atoms with Gasteiger partial charge in [-0.2, -0.15) is 0 Å². The van der Waals surface area contributed by atoms with Crippen LogP contribution < -0.4 is 0 Å². The summed E-state index contributed by atoms with van der Waals surface area (Å²) in [6, 6.07) is 0. The molecule has 0 N–H and O–H groups in total. The quantitative estimate of drug-likeness (QED) is 0.509. The SMILES string of the molecule is COC(C)CC1CO1. The summed E-state index contributed by atoms with van der Waals surface area (Å²) in [5, 5.41) is 0. The highest BCUT2D eigenvalue weighted by Crippen LogP contribution is 2.16. The van der Waals surface area contributed by atoms with E-state index in [1.165, 1.54) is 0 Å². The number of epoxide rings is 1. The molecule has 2 nitrogen and oxygen atoms in total. The van der Waals surface area contributed by atoms with E-state index in [9.17, 15) is 0 Å². The number of ether oxygens (including phenoxy) is 2. The fourth-order valence-electron chi connectivity index (χ4n) is 0.671. The van der Waals surface area contributed by atoms with Crippen molar-refractivity contribution in [2.75, 3.05) is 13.7 Å². The molecule has 1 fully saturated rings. The predicted molar refractivity (Wildman–Crippen MR) is 30.8 cm³/mol. The van der Waals surface area contributed by atoms with Crippen LogP contribution in [0.5, 0.6) is 0 Å². The molecular weight excluding hydrogens is 104 g/mol. The Morgan fingerprint density at radius 2 is 2.50 bits per heavy atom. The van der Waals surface area contributed by atoms with Crippen LogP contribution in [-0.4, -0.2) is 25.9 Å². The highest BCUT2D eigenvalue weighted by Gasteiger charge is 2.24. The van der Waals surface area contributed by atoms with Gasteiger partial charge in [-0.1, -0.05) is 0 Å². The Labute approximate surface area is 49.8 Å². The highest BCUT2D eigenvalue weighted by atomic mass is 16.6. The van der Waals surface area contributed by atoms with Gasteiger partial charge in [0.2, 0.25) is 0 Å². The van der Waals surface area contributed by atoms with E-state index in [-0.39, 0.29) is 0 Å². The predicted octanol–water partition coefficient (Wildman–Crippen LogP) is 0.810. The van der Waals surface area contributed by atoms with Crippen LogP contribution in [0.2, 0.25) is 0 Å². The Morgan fingerprint density at radius 3 is 2.88 bits per heavy atom. The number of hydrogen-bond donors (Lipinski definition) is 0. The molecule has 0 aromatic rings. The first-order chi connectivity index (χ1) is 3.83. The molecule has 0 saturated carbocycles. The molecule has 0 aromatic heterocycles. The van der Waals surface area contributed by atoms with E-state index in [2.05, 4.69) is 6.92 Å². The van der Waals surface area contributed by atoms with E-state index in [1.807, 2.05) is 0 Å². The van der Waals surface area contributed by atoms with Crippen molar-refractivity contribution in [2.45, 2.75) is 25.6 Å². The maximum atomic E-state index is 5.02. The van der Waals surface area contributed by atoms with Crippen LogP contribution in [0.1, 0.15) is 13.3 Å². The van der Waals surface area contributed by atoms with Crippen molar-refractivity contribution in [1.82, 2.24) is 0 Å². The molecule has 2 heteroatoms. The molecule has 1 rings (SSSR count). The second-order valence-corrected chi connectivity index (χ2v) is 2.24. The molecule has 0 bridgehead atoms. The Kier molecular flexibility index (Phi) is 1.86. The molecule has 1 heterocycles. The third-order valence-electron chi connectivity index (χ3n) is 1.40. The third-order valence-corrected chi connectivity index (χ3v) is 1.40. The summed E-state index contributed by atoms with van der Waals surface area (Å²) in [4.78, 5) is 0. The van der Waals surface area contributed by atoms with E-state index < -0.39 is 0 Å². The zero-order valence-electron chi connectivity index (χ0n) is 5.39. The summed E-state index contributed by atoms with van der Waals surface area (Å²) < 4.78 is 10.0. The van der Waals surface area contributed by atoms with Crippen LogP contribution in [0.4, 0.5) is 0 Å². The standard InChI is InChI=1S/C6H12O2/c1-5(7-2)3-6-4-8-6/h5-6H,3-4H2,1-2H3. The minimum absolute atomic E-state index is 0.363. The first kappa shape index (κ1) is 6.05. The van der Waals surface area contributed by atoms with Crippen molar-refractivity contribution < 1.29 is 9.47 Å². The van der Waals surface area contributed by atoms with Crippen LogP contribution in [0, 0.1) is 0 Å². The number of hydrogen-bond acceptors (Lipinski definition) is 2. The van der Waals surface area contributed by atoms with Gasteiger partial charge in [-0.15, -0.1) is 0 Å². The van der Waals surface area contributed by atoms with Gasteiger partial charge in [0.25, 0.3) is 0 Å². The maximum Gasteiger partial charge on any atom is 0.0834 e. The van der Waals surface area contributed by atoms with Crippen molar-refractivity contribution in [2.24, 2.45) is 0 Å². The van der Waals surface area contributed by atoms with Crippen LogP contribution in [0.25, 0.3) is 0 Å². The smallest absolute Gasteiger partial charge is 0.0834 e. The Morgan fingerprint density at radius 1 is 1.88 bits per heavy atom. The lowest BCUT2D eigenvalue weighted by Gasteiger charge is -2.04. The van der Waals surface area contributed by atoms with Crippen LogP contribution in [-0.2, 0) is 9.47 Å². The van der Waals surface area contributed by atoms with E-state index in [0.717, 1.165) is 13.0 Å². The molecule has 0 aliphatic carbocycles. The van der Waals surface area contributed by atoms with Gasteiger partial charge in [0.1, 0.15) is 0 Å². The fourth-order valence-corrected chi connectivity index (χ4v) is 0.671. The summed E-state index contributed by atoms with van der Waals surface area (Å²) >= 11 is 0. The third kappa shape index (κ3) is 1.80. The average molecular weight is 116 g/mol. The summed E-state index contributed by atoms with van der Waals surface area (Å²) in [6.45, 7) is 3.00. The fraction of sp³-hybridized carbons (Fsp3) is 1.00. The second kappa shape index (κ2) is 2.46. The molecule has 1 saturated heterocycles. The van der Waals surface area contributed by atoms with Gasteiger partial charge >= 0.3 is 0 Å². The molecular formula is C6H12O2. The molecule has 0 spiro atoms. The monoisotopic (exact) mass is 116 g/mol. The highest BCUT2D eigenvalue weighted by molar-refractivity contribution is 4.71. The van der Waals surface area contributed by atoms with Crippen molar-refractivity contribution >= 4 is 0 Å². The zero-order chi connectivity index (χ0) is 5.98. The molecule has 1 aliphatic heterocycles. The minimum Gasteiger partial charge on any atom is -0.382 e. The maximum absolute atomic E-state index is 5.02. The van der Waals surface area contributed by atoms with Gasteiger partial charge < -0.3 is 9.47 Å². The normalized spacial score (nSPS) is 30.0. The van der Waals surface area contributed by atoms with Gasteiger partial charge in [-0.05, 0) is 6.92 Å². The molecule has 2 atom stereocenters. The van der Waals surface area contributed by atoms with Gasteiger partial charge in [0, 0.05) is 13.5 Å². The molecule has 0 aromatic carbocycles. The first-order valence-electron chi connectivity index (χ1n) is 2.97. The van der Waals surface area contributed by atoms with Crippen LogP contribution in [0.15, 0.2) is 0 Å². The lowest BCUT2D eigenvalue weighted by molar-refractivity contribution is 0.103. The number of rotatable bonds is 3. The van der Waals surface area contributed by atoms with Crippen LogP contribution in [0.3, 0.4) is 0 Å². The molecule has 8 heavy (non-hydrogen) atoms. The van der Waals surface area contributed by atoms with Crippen molar-refractivity contribution in [1.29, 1.82) is 0 Å². The van der Waals surface area contributed by atoms with Gasteiger partial charge in [0.05, 0.1) is 18.8 Å². The summed E-state index contributed by atoms with van der Waals surface area (Å²) in [7, 11) is 1.73. The molecule has 2 unspecified atom stereocenters. The van der Waals surface area contributed by atoms with Crippen molar-refractivity contribution in [3.05, 3.63) is 0 Å². The largest absolute Gasteiger partial charge is 0.382 e. The van der Waals surface area contributed by atoms with Crippen molar-refractivity contribution in [3.8, 4) is 0 Å². The molecule has 1 aliphatic rings. The molecule has 48 valence electrons. The van der Waals surface area contributed by atoms with Gasteiger partial charge in [0.15, 0.2) is 0 Å². The van der Waals surface area contributed by atoms with Crippen molar-refractivity contribution in [3.63, 3.8) is 0 Å². The van der Waals surface area contributed by atoms with E-state index in [4.69, 9.17) is 9.47 Å². The van der Waals surface area contributed by atoms with E-state index in [0.29, 0.717) is 12.2 Å². The summed E-state index contributed by atoms with van der Waals surface area (Å²) in [5.74, 6) is 0. The lowest BCUT2D eigenvalue weighted by Crippen LogP contribution is -2.07.